The van der Waals surface area contributed by atoms with Crippen LogP contribution in [0.25, 0.3) is 0 Å². The predicted molar refractivity (Wildman–Crippen MR) is 69.6 cm³/mol. The zero-order chi connectivity index (χ0) is 13.8. The molecule has 6 heteroatoms. The number of nitro benzene ring substituents is 1. The molecule has 6 nitrogen and oxygen atoms in total. The van der Waals surface area contributed by atoms with Crippen molar-refractivity contribution in [3.8, 4) is 0 Å². The molecule has 1 aromatic heterocycles. The molecule has 100 valence electrons. The molecule has 1 heterocycles. The number of aryl methyl sites for hydroxylation is 1. The van der Waals surface area contributed by atoms with E-state index in [-0.39, 0.29) is 10.6 Å². The summed E-state index contributed by atoms with van der Waals surface area (Å²) in [6.07, 6.45) is 0. The van der Waals surface area contributed by atoms with Gasteiger partial charge in [0.2, 0.25) is 0 Å². The van der Waals surface area contributed by atoms with Crippen molar-refractivity contribution < 1.29 is 9.45 Å². The number of rotatable bonds is 5. The third kappa shape index (κ3) is 3.17. The molecule has 0 aliphatic carbocycles. The third-order valence-electron chi connectivity index (χ3n) is 2.91. The van der Waals surface area contributed by atoms with E-state index in [1.807, 2.05) is 19.1 Å². The lowest BCUT2D eigenvalue weighted by Gasteiger charge is -2.06. The number of nitrogens with zero attached hydrogens (tertiary/aromatic N) is 2. The molecule has 0 fully saturated rings. The molecule has 0 atom stereocenters. The van der Waals surface area contributed by atoms with E-state index in [4.69, 9.17) is 4.52 Å². The molecule has 19 heavy (non-hydrogen) atoms. The Balaban J connectivity index is 2.00. The number of nitrogens with one attached hydrogen (secondary N) is 1. The molecule has 0 saturated carbocycles. The van der Waals surface area contributed by atoms with Crippen LogP contribution in [0.5, 0.6) is 0 Å². The zero-order valence-electron chi connectivity index (χ0n) is 10.8. The van der Waals surface area contributed by atoms with Gasteiger partial charge in [0, 0.05) is 24.2 Å². The maximum Gasteiger partial charge on any atom is 0.272 e. The standard InChI is InChI=1S/C13H15N3O3/c1-9-6-12(19-15-9)8-14-7-11-4-3-5-13(10(11)2)16(17)18/h3-6,14H,7-8H2,1-2H3. The second-order valence-electron chi connectivity index (χ2n) is 4.36. The molecule has 0 aliphatic heterocycles. The Morgan fingerprint density at radius 1 is 1.37 bits per heavy atom. The topological polar surface area (TPSA) is 81.2 Å². The van der Waals surface area contributed by atoms with Crippen LogP contribution in [-0.2, 0) is 13.1 Å². The average Bonchev–Trinajstić information content (AvgIpc) is 2.77. The number of aromatic nitrogens is 1. The van der Waals surface area contributed by atoms with Gasteiger partial charge in [-0.15, -0.1) is 0 Å². The van der Waals surface area contributed by atoms with Crippen LogP contribution in [0.15, 0.2) is 28.8 Å². The summed E-state index contributed by atoms with van der Waals surface area (Å²) in [4.78, 5) is 10.5. The molecule has 0 bridgehead atoms. The summed E-state index contributed by atoms with van der Waals surface area (Å²) in [5.74, 6) is 0.751. The van der Waals surface area contributed by atoms with Crippen molar-refractivity contribution in [3.63, 3.8) is 0 Å². The fourth-order valence-electron chi connectivity index (χ4n) is 1.88. The van der Waals surface area contributed by atoms with Gasteiger partial charge in [0.25, 0.3) is 5.69 Å². The molecule has 2 rings (SSSR count). The lowest BCUT2D eigenvalue weighted by molar-refractivity contribution is -0.385. The molecule has 1 N–H and O–H groups in total. The van der Waals surface area contributed by atoms with Gasteiger partial charge in [-0.2, -0.15) is 0 Å². The van der Waals surface area contributed by atoms with Gasteiger partial charge in [0.1, 0.15) is 0 Å². The molecule has 0 amide bonds. The molecule has 0 aliphatic rings. The summed E-state index contributed by atoms with van der Waals surface area (Å²) < 4.78 is 5.07. The second kappa shape index (κ2) is 5.62. The van der Waals surface area contributed by atoms with E-state index < -0.39 is 0 Å². The van der Waals surface area contributed by atoms with Gasteiger partial charge in [0.05, 0.1) is 17.2 Å². The Labute approximate surface area is 110 Å². The molecule has 1 aromatic carbocycles. The van der Waals surface area contributed by atoms with Gasteiger partial charge < -0.3 is 9.84 Å². The van der Waals surface area contributed by atoms with Crippen LogP contribution in [-0.4, -0.2) is 10.1 Å². The molecule has 0 radical (unpaired) electrons. The monoisotopic (exact) mass is 261 g/mol. The highest BCUT2D eigenvalue weighted by atomic mass is 16.6. The normalized spacial score (nSPS) is 10.6. The lowest BCUT2D eigenvalue weighted by atomic mass is 10.1. The Hall–Kier alpha value is -2.21. The van der Waals surface area contributed by atoms with Gasteiger partial charge in [-0.05, 0) is 19.4 Å². The Morgan fingerprint density at radius 3 is 2.79 bits per heavy atom. The molecule has 2 aromatic rings. The Kier molecular flexibility index (Phi) is 3.91. The molecule has 0 unspecified atom stereocenters. The summed E-state index contributed by atoms with van der Waals surface area (Å²) in [6, 6.07) is 6.94. The van der Waals surface area contributed by atoms with Crippen molar-refractivity contribution in [2.45, 2.75) is 26.9 Å². The zero-order valence-corrected chi connectivity index (χ0v) is 10.8. The highest BCUT2D eigenvalue weighted by molar-refractivity contribution is 5.44. The summed E-state index contributed by atoms with van der Waals surface area (Å²) in [7, 11) is 0. The minimum absolute atomic E-state index is 0.148. The maximum absolute atomic E-state index is 10.8. The van der Waals surface area contributed by atoms with E-state index >= 15 is 0 Å². The van der Waals surface area contributed by atoms with Crippen LogP contribution >= 0.6 is 0 Å². The van der Waals surface area contributed by atoms with E-state index in [0.29, 0.717) is 18.7 Å². The van der Waals surface area contributed by atoms with Gasteiger partial charge in [-0.3, -0.25) is 10.1 Å². The highest BCUT2D eigenvalue weighted by Gasteiger charge is 2.12. The average molecular weight is 261 g/mol. The molecule has 0 spiro atoms. The minimum Gasteiger partial charge on any atom is -0.360 e. The fourth-order valence-corrected chi connectivity index (χ4v) is 1.88. The minimum atomic E-state index is -0.362. The number of nitro groups is 1. The van der Waals surface area contributed by atoms with E-state index in [2.05, 4.69) is 10.5 Å². The number of benzene rings is 1. The van der Waals surface area contributed by atoms with Crippen molar-refractivity contribution in [3.05, 3.63) is 57.0 Å². The summed E-state index contributed by atoms with van der Waals surface area (Å²) >= 11 is 0. The molecule has 0 saturated heterocycles. The van der Waals surface area contributed by atoms with E-state index in [9.17, 15) is 10.1 Å². The molecular formula is C13H15N3O3. The van der Waals surface area contributed by atoms with Crippen LogP contribution in [0.3, 0.4) is 0 Å². The van der Waals surface area contributed by atoms with Crippen LogP contribution in [0.1, 0.15) is 22.6 Å². The van der Waals surface area contributed by atoms with Gasteiger partial charge >= 0.3 is 0 Å². The van der Waals surface area contributed by atoms with E-state index in [1.165, 1.54) is 6.07 Å². The largest absolute Gasteiger partial charge is 0.360 e. The first kappa shape index (κ1) is 13.2. The van der Waals surface area contributed by atoms with Gasteiger partial charge in [-0.1, -0.05) is 17.3 Å². The first-order chi connectivity index (χ1) is 9.08. The summed E-state index contributed by atoms with van der Waals surface area (Å²) in [5.41, 5.74) is 2.58. The SMILES string of the molecule is Cc1cc(CNCc2cccc([N+](=O)[O-])c2C)on1. The van der Waals surface area contributed by atoms with Gasteiger partial charge in [-0.25, -0.2) is 0 Å². The van der Waals surface area contributed by atoms with Crippen LogP contribution in [0.4, 0.5) is 5.69 Å². The summed E-state index contributed by atoms with van der Waals surface area (Å²) in [6.45, 7) is 4.71. The fraction of sp³-hybridized carbons (Fsp3) is 0.308. The summed E-state index contributed by atoms with van der Waals surface area (Å²) in [5, 5.41) is 17.8. The Bertz CT molecular complexity index is 593. The first-order valence-electron chi connectivity index (χ1n) is 5.93. The number of hydrogen-bond donors (Lipinski definition) is 1. The third-order valence-corrected chi connectivity index (χ3v) is 2.91. The van der Waals surface area contributed by atoms with Crippen molar-refractivity contribution in [1.82, 2.24) is 10.5 Å². The van der Waals surface area contributed by atoms with Crippen molar-refractivity contribution in [1.29, 1.82) is 0 Å². The van der Waals surface area contributed by atoms with Crippen molar-refractivity contribution in [2.24, 2.45) is 0 Å². The van der Waals surface area contributed by atoms with Gasteiger partial charge in [0.15, 0.2) is 5.76 Å². The maximum atomic E-state index is 10.8. The smallest absolute Gasteiger partial charge is 0.272 e. The number of hydrogen-bond acceptors (Lipinski definition) is 5. The first-order valence-corrected chi connectivity index (χ1v) is 5.93. The van der Waals surface area contributed by atoms with E-state index in [0.717, 1.165) is 17.0 Å². The van der Waals surface area contributed by atoms with Crippen molar-refractivity contribution in [2.75, 3.05) is 0 Å². The second-order valence-corrected chi connectivity index (χ2v) is 4.36. The van der Waals surface area contributed by atoms with E-state index in [1.54, 1.807) is 13.0 Å². The van der Waals surface area contributed by atoms with Crippen LogP contribution in [0, 0.1) is 24.0 Å². The predicted octanol–water partition coefficient (Wildman–Crippen LogP) is 2.49. The molecular weight excluding hydrogens is 246 g/mol. The lowest BCUT2D eigenvalue weighted by Crippen LogP contribution is -2.13. The highest BCUT2D eigenvalue weighted by Crippen LogP contribution is 2.20. The quantitative estimate of drug-likeness (QED) is 0.660. The van der Waals surface area contributed by atoms with Crippen LogP contribution in [0.2, 0.25) is 0 Å². The van der Waals surface area contributed by atoms with Crippen LogP contribution < -0.4 is 5.32 Å². The van der Waals surface area contributed by atoms with Crippen molar-refractivity contribution >= 4 is 5.69 Å². The Morgan fingerprint density at radius 2 is 2.16 bits per heavy atom.